The van der Waals surface area contributed by atoms with Crippen molar-refractivity contribution in [2.75, 3.05) is 32.8 Å². The Morgan fingerprint density at radius 2 is 2.13 bits per heavy atom. The van der Waals surface area contributed by atoms with Crippen LogP contribution in [0, 0.1) is 5.92 Å². The average Bonchev–Trinajstić information content (AvgIpc) is 3.43. The first kappa shape index (κ1) is 25.5. The summed E-state index contributed by atoms with van der Waals surface area (Å²) in [7, 11) is 0. The zero-order chi connectivity index (χ0) is 21.2. The van der Waals surface area contributed by atoms with Gasteiger partial charge in [-0.05, 0) is 50.1 Å². The minimum absolute atomic E-state index is 0. The molecule has 0 amide bonds. The van der Waals surface area contributed by atoms with Crippen LogP contribution in [0.3, 0.4) is 0 Å². The molecule has 0 spiro atoms. The van der Waals surface area contributed by atoms with Gasteiger partial charge in [-0.15, -0.1) is 24.0 Å². The van der Waals surface area contributed by atoms with Crippen molar-refractivity contribution < 1.29 is 19.0 Å². The monoisotopic (exact) mass is 543 g/mol. The minimum atomic E-state index is -0.709. The number of nitrogens with one attached hydrogen (secondary N) is 2. The highest BCUT2D eigenvalue weighted by atomic mass is 127. The van der Waals surface area contributed by atoms with Crippen LogP contribution in [0.4, 0.5) is 0 Å². The van der Waals surface area contributed by atoms with Gasteiger partial charge in [0.15, 0.2) is 5.96 Å². The predicted molar refractivity (Wildman–Crippen MR) is 132 cm³/mol. The van der Waals surface area contributed by atoms with Gasteiger partial charge in [0.2, 0.25) is 0 Å². The van der Waals surface area contributed by atoms with E-state index in [2.05, 4.69) is 15.6 Å². The van der Waals surface area contributed by atoms with E-state index in [0.717, 1.165) is 49.7 Å². The Balaban J connectivity index is 0.00000341. The molecule has 0 radical (unpaired) electrons. The molecule has 0 aliphatic carbocycles. The first-order valence-corrected chi connectivity index (χ1v) is 10.7. The Bertz CT molecular complexity index is 777. The summed E-state index contributed by atoms with van der Waals surface area (Å²) in [6, 6.07) is 11.4. The van der Waals surface area contributed by atoms with Gasteiger partial charge in [-0.1, -0.05) is 12.1 Å². The number of aliphatic imine (C=N–C) groups is 1. The maximum Gasteiger partial charge on any atom is 0.191 e. The SMILES string of the molecule is CC(C)Oc1cccc(C(O)CN=C(NCCc2ccco2)NCC2CCOC2)c1.I. The molecule has 2 heterocycles. The van der Waals surface area contributed by atoms with Gasteiger partial charge in [0.1, 0.15) is 11.5 Å². The van der Waals surface area contributed by atoms with Crippen molar-refractivity contribution in [1.29, 1.82) is 0 Å². The highest BCUT2D eigenvalue weighted by Gasteiger charge is 2.16. The molecule has 0 saturated carbocycles. The van der Waals surface area contributed by atoms with Crippen molar-refractivity contribution in [3.05, 3.63) is 54.0 Å². The first-order chi connectivity index (χ1) is 14.6. The van der Waals surface area contributed by atoms with Gasteiger partial charge < -0.3 is 29.6 Å². The normalized spacial score (nSPS) is 17.3. The summed E-state index contributed by atoms with van der Waals surface area (Å²) in [5.74, 6) is 2.84. The fraction of sp³-hybridized carbons (Fsp3) is 0.522. The maximum atomic E-state index is 10.6. The molecule has 1 saturated heterocycles. The van der Waals surface area contributed by atoms with E-state index in [1.807, 2.05) is 50.2 Å². The van der Waals surface area contributed by atoms with Gasteiger partial charge >= 0.3 is 0 Å². The lowest BCUT2D eigenvalue weighted by Gasteiger charge is -2.16. The number of hydrogen-bond acceptors (Lipinski definition) is 5. The first-order valence-electron chi connectivity index (χ1n) is 10.7. The molecule has 2 unspecified atom stereocenters. The molecule has 8 heteroatoms. The van der Waals surface area contributed by atoms with E-state index in [1.54, 1.807) is 6.26 Å². The zero-order valence-electron chi connectivity index (χ0n) is 18.3. The fourth-order valence-electron chi connectivity index (χ4n) is 3.27. The molecule has 2 aromatic rings. The molecule has 3 N–H and O–H groups in total. The predicted octanol–water partition coefficient (Wildman–Crippen LogP) is 3.53. The van der Waals surface area contributed by atoms with E-state index in [9.17, 15) is 5.11 Å². The topological polar surface area (TPSA) is 88.3 Å². The summed E-state index contributed by atoms with van der Waals surface area (Å²) in [6.45, 7) is 7.29. The molecule has 172 valence electrons. The minimum Gasteiger partial charge on any atom is -0.491 e. The molecule has 3 rings (SSSR count). The summed E-state index contributed by atoms with van der Waals surface area (Å²) < 4.78 is 16.6. The van der Waals surface area contributed by atoms with E-state index in [4.69, 9.17) is 13.9 Å². The summed E-state index contributed by atoms with van der Waals surface area (Å²) >= 11 is 0. The zero-order valence-corrected chi connectivity index (χ0v) is 20.6. The fourth-order valence-corrected chi connectivity index (χ4v) is 3.27. The molecule has 2 atom stereocenters. The number of benzene rings is 1. The van der Waals surface area contributed by atoms with Gasteiger partial charge in [0, 0.05) is 32.0 Å². The van der Waals surface area contributed by atoms with Gasteiger partial charge in [-0.3, -0.25) is 4.99 Å². The summed E-state index contributed by atoms with van der Waals surface area (Å²) in [5.41, 5.74) is 0.788. The van der Waals surface area contributed by atoms with Crippen LogP contribution in [0.5, 0.6) is 5.75 Å². The Morgan fingerprint density at radius 1 is 1.26 bits per heavy atom. The second-order valence-electron chi connectivity index (χ2n) is 7.81. The number of halogens is 1. The van der Waals surface area contributed by atoms with E-state index >= 15 is 0 Å². The average molecular weight is 543 g/mol. The number of furan rings is 1. The van der Waals surface area contributed by atoms with Crippen molar-refractivity contribution in [2.24, 2.45) is 10.9 Å². The van der Waals surface area contributed by atoms with Crippen LogP contribution in [-0.2, 0) is 11.2 Å². The van der Waals surface area contributed by atoms with Crippen LogP contribution < -0.4 is 15.4 Å². The lowest BCUT2D eigenvalue weighted by molar-refractivity contribution is 0.184. The van der Waals surface area contributed by atoms with Crippen molar-refractivity contribution in [1.82, 2.24) is 10.6 Å². The van der Waals surface area contributed by atoms with Crippen LogP contribution in [0.15, 0.2) is 52.1 Å². The third-order valence-electron chi connectivity index (χ3n) is 4.86. The number of guanidine groups is 1. The standard InChI is InChI=1S/C23H33N3O4.HI/c1-17(2)30-21-6-3-5-19(13-21)22(27)15-26-23(25-14-18-9-12-28-16-18)24-10-8-20-7-4-11-29-20;/h3-7,11,13,17-18,22,27H,8-10,12,14-16H2,1-2H3,(H2,24,25,26);1H. The van der Waals surface area contributed by atoms with Gasteiger partial charge in [-0.25, -0.2) is 0 Å². The lowest BCUT2D eigenvalue weighted by Crippen LogP contribution is -2.41. The molecular formula is C23H34IN3O4. The highest BCUT2D eigenvalue weighted by Crippen LogP contribution is 2.20. The van der Waals surface area contributed by atoms with Gasteiger partial charge in [-0.2, -0.15) is 0 Å². The Kier molecular flexibility index (Phi) is 11.2. The van der Waals surface area contributed by atoms with Crippen LogP contribution in [0.25, 0.3) is 0 Å². The molecule has 1 aliphatic heterocycles. The van der Waals surface area contributed by atoms with E-state index in [0.29, 0.717) is 18.4 Å². The summed E-state index contributed by atoms with van der Waals surface area (Å²) in [4.78, 5) is 4.60. The van der Waals surface area contributed by atoms with Gasteiger partial charge in [0.25, 0.3) is 0 Å². The van der Waals surface area contributed by atoms with Gasteiger partial charge in [0.05, 0.1) is 31.6 Å². The second-order valence-corrected chi connectivity index (χ2v) is 7.81. The van der Waals surface area contributed by atoms with Crippen LogP contribution in [0.2, 0.25) is 0 Å². The molecule has 1 aliphatic rings. The summed E-state index contributed by atoms with van der Waals surface area (Å²) in [5, 5.41) is 17.3. The highest BCUT2D eigenvalue weighted by molar-refractivity contribution is 14.0. The molecule has 1 aromatic heterocycles. The van der Waals surface area contributed by atoms with E-state index in [-0.39, 0.29) is 36.6 Å². The van der Waals surface area contributed by atoms with E-state index < -0.39 is 6.10 Å². The number of aliphatic hydroxyl groups is 1. The summed E-state index contributed by atoms with van der Waals surface area (Å²) in [6.07, 6.45) is 2.87. The molecular weight excluding hydrogens is 509 g/mol. The van der Waals surface area contributed by atoms with Crippen molar-refractivity contribution in [3.63, 3.8) is 0 Å². The second kappa shape index (κ2) is 13.6. The third-order valence-corrected chi connectivity index (χ3v) is 4.86. The third kappa shape index (κ3) is 9.08. The quantitative estimate of drug-likeness (QED) is 0.242. The van der Waals surface area contributed by atoms with Crippen LogP contribution in [0.1, 0.15) is 37.7 Å². The van der Waals surface area contributed by atoms with Crippen molar-refractivity contribution in [3.8, 4) is 5.75 Å². The lowest BCUT2D eigenvalue weighted by atomic mass is 10.1. The largest absolute Gasteiger partial charge is 0.491 e. The molecule has 1 fully saturated rings. The number of hydrogen-bond donors (Lipinski definition) is 3. The number of aliphatic hydroxyl groups excluding tert-OH is 1. The number of ether oxygens (including phenoxy) is 2. The maximum absolute atomic E-state index is 10.6. The van der Waals surface area contributed by atoms with Crippen molar-refractivity contribution in [2.45, 2.75) is 38.9 Å². The smallest absolute Gasteiger partial charge is 0.191 e. The Hall–Kier alpha value is -1.78. The van der Waals surface area contributed by atoms with Crippen LogP contribution in [-0.4, -0.2) is 50.0 Å². The van der Waals surface area contributed by atoms with Crippen LogP contribution >= 0.6 is 24.0 Å². The molecule has 31 heavy (non-hydrogen) atoms. The Morgan fingerprint density at radius 3 is 2.84 bits per heavy atom. The number of rotatable bonds is 10. The van der Waals surface area contributed by atoms with Crippen molar-refractivity contribution >= 4 is 29.9 Å². The Labute approximate surface area is 201 Å². The van der Waals surface area contributed by atoms with E-state index in [1.165, 1.54) is 0 Å². The molecule has 1 aromatic carbocycles. The number of nitrogens with zero attached hydrogens (tertiary/aromatic N) is 1. The molecule has 0 bridgehead atoms. The molecule has 7 nitrogen and oxygen atoms in total.